The van der Waals surface area contributed by atoms with E-state index in [0.717, 1.165) is 37.1 Å². The maximum absolute atomic E-state index is 12.8. The Bertz CT molecular complexity index is 887. The topological polar surface area (TPSA) is 114 Å². The van der Waals surface area contributed by atoms with Crippen LogP contribution in [0.5, 0.6) is 0 Å². The van der Waals surface area contributed by atoms with Crippen LogP contribution in [0.2, 0.25) is 0 Å². The number of hydrogen-bond acceptors (Lipinski definition) is 6. The van der Waals surface area contributed by atoms with Crippen LogP contribution in [0.4, 0.5) is 0 Å². The molecule has 154 valence electrons. The Morgan fingerprint density at radius 3 is 2.90 bits per heavy atom. The molecule has 4 N–H and O–H groups in total. The van der Waals surface area contributed by atoms with Crippen molar-refractivity contribution in [3.63, 3.8) is 0 Å². The standard InChI is InChI=1S/C21H26N4O4/c22-11-21-6-14(10-29-21)16(7-21)23-8-12-1-2-15-13(5-12)9-25(20(15)28)17-3-4-18(26)24-19(17)27/h1-2,5,14,16-17,23H,3-4,6-11,22H2,(H,24,26,27)/t14-,16+,17?,21+/m1/s1. The highest BCUT2D eigenvalue weighted by Gasteiger charge is 2.50. The van der Waals surface area contributed by atoms with Crippen LogP contribution in [0.3, 0.4) is 0 Å². The lowest BCUT2D eigenvalue weighted by molar-refractivity contribution is -0.136. The van der Waals surface area contributed by atoms with Crippen molar-refractivity contribution in [2.24, 2.45) is 11.7 Å². The van der Waals surface area contributed by atoms with Crippen molar-refractivity contribution < 1.29 is 19.1 Å². The second kappa shape index (κ2) is 6.90. The van der Waals surface area contributed by atoms with Gasteiger partial charge in [0.25, 0.3) is 5.91 Å². The smallest absolute Gasteiger partial charge is 0.255 e. The number of imide groups is 1. The third-order valence-electron chi connectivity index (χ3n) is 6.93. The van der Waals surface area contributed by atoms with Crippen molar-refractivity contribution in [3.05, 3.63) is 34.9 Å². The predicted molar refractivity (Wildman–Crippen MR) is 104 cm³/mol. The molecule has 1 unspecified atom stereocenters. The first-order valence-corrected chi connectivity index (χ1v) is 10.3. The number of nitrogens with two attached hydrogens (primary N) is 1. The largest absolute Gasteiger partial charge is 0.373 e. The van der Waals surface area contributed by atoms with Crippen molar-refractivity contribution in [2.45, 2.75) is 56.5 Å². The van der Waals surface area contributed by atoms with E-state index in [4.69, 9.17) is 10.5 Å². The number of amides is 3. The summed E-state index contributed by atoms with van der Waals surface area (Å²) in [5.41, 5.74) is 8.47. The first kappa shape index (κ1) is 18.7. The molecule has 3 heterocycles. The van der Waals surface area contributed by atoms with Gasteiger partial charge in [-0.2, -0.15) is 0 Å². The zero-order valence-corrected chi connectivity index (χ0v) is 16.3. The van der Waals surface area contributed by atoms with Gasteiger partial charge in [0.15, 0.2) is 0 Å². The van der Waals surface area contributed by atoms with E-state index in [1.807, 2.05) is 12.1 Å². The molecule has 8 heteroatoms. The lowest BCUT2D eigenvalue weighted by Gasteiger charge is -2.30. The van der Waals surface area contributed by atoms with E-state index >= 15 is 0 Å². The number of nitrogens with one attached hydrogen (secondary N) is 2. The predicted octanol–water partition coefficient (Wildman–Crippen LogP) is 0.0435. The molecule has 0 radical (unpaired) electrons. The monoisotopic (exact) mass is 398 g/mol. The van der Waals surface area contributed by atoms with Gasteiger partial charge >= 0.3 is 0 Å². The minimum Gasteiger partial charge on any atom is -0.373 e. The summed E-state index contributed by atoms with van der Waals surface area (Å²) < 4.78 is 5.87. The van der Waals surface area contributed by atoms with Crippen molar-refractivity contribution >= 4 is 17.7 Å². The van der Waals surface area contributed by atoms with Gasteiger partial charge in [-0.25, -0.2) is 0 Å². The summed E-state index contributed by atoms with van der Waals surface area (Å²) in [6.07, 6.45) is 2.62. The molecular weight excluding hydrogens is 372 g/mol. The van der Waals surface area contributed by atoms with Gasteiger partial charge < -0.3 is 20.7 Å². The van der Waals surface area contributed by atoms with Gasteiger partial charge in [0, 0.05) is 43.6 Å². The summed E-state index contributed by atoms with van der Waals surface area (Å²) in [6.45, 7) is 2.47. The molecule has 8 nitrogen and oxygen atoms in total. The second-order valence-electron chi connectivity index (χ2n) is 8.75. The SMILES string of the molecule is NC[C@@]12C[C@H](CO1)[C@@H](NCc1ccc3c(c1)CN(C1CCC(=O)NC1=O)C3=O)C2. The molecule has 29 heavy (non-hydrogen) atoms. The number of nitrogens with zero attached hydrogens (tertiary/aromatic N) is 1. The van der Waals surface area contributed by atoms with Crippen LogP contribution >= 0.6 is 0 Å². The van der Waals surface area contributed by atoms with Gasteiger partial charge in [0.05, 0.1) is 12.2 Å². The number of piperidine rings is 1. The molecule has 3 aliphatic heterocycles. The van der Waals surface area contributed by atoms with Gasteiger partial charge in [0.1, 0.15) is 6.04 Å². The molecule has 1 saturated carbocycles. The van der Waals surface area contributed by atoms with E-state index in [1.54, 1.807) is 4.90 Å². The Labute approximate surface area is 169 Å². The summed E-state index contributed by atoms with van der Waals surface area (Å²) in [4.78, 5) is 37.9. The minimum atomic E-state index is -0.573. The normalized spacial score (nSPS) is 33.3. The molecule has 0 aromatic heterocycles. The zero-order valence-electron chi connectivity index (χ0n) is 16.3. The molecule has 4 aliphatic rings. The number of ether oxygens (including phenoxy) is 1. The lowest BCUT2D eigenvalue weighted by Crippen LogP contribution is -2.52. The average molecular weight is 398 g/mol. The molecule has 3 amide bonds. The molecule has 1 aromatic carbocycles. The van der Waals surface area contributed by atoms with Crippen molar-refractivity contribution in [3.8, 4) is 0 Å². The maximum Gasteiger partial charge on any atom is 0.255 e. The highest BCUT2D eigenvalue weighted by Crippen LogP contribution is 2.43. The molecular formula is C21H26N4O4. The van der Waals surface area contributed by atoms with E-state index in [0.29, 0.717) is 37.0 Å². The van der Waals surface area contributed by atoms with Crippen LogP contribution in [-0.2, 0) is 27.4 Å². The summed E-state index contributed by atoms with van der Waals surface area (Å²) in [5, 5.41) is 5.98. The average Bonchev–Trinajstić information content (AvgIpc) is 3.38. The Morgan fingerprint density at radius 2 is 2.14 bits per heavy atom. The number of carbonyl (C=O) groups is 3. The third-order valence-corrected chi connectivity index (χ3v) is 6.93. The molecule has 4 atom stereocenters. The number of benzene rings is 1. The summed E-state index contributed by atoms with van der Waals surface area (Å²) in [5.74, 6) is -0.274. The highest BCUT2D eigenvalue weighted by atomic mass is 16.5. The van der Waals surface area contributed by atoms with Crippen LogP contribution in [-0.4, -0.2) is 53.5 Å². The van der Waals surface area contributed by atoms with Crippen LogP contribution in [0.1, 0.15) is 47.2 Å². The Morgan fingerprint density at radius 1 is 1.28 bits per heavy atom. The molecule has 0 spiro atoms. The first-order chi connectivity index (χ1) is 14.0. The highest BCUT2D eigenvalue weighted by molar-refractivity contribution is 6.05. The molecule has 3 fully saturated rings. The number of rotatable bonds is 5. The van der Waals surface area contributed by atoms with Gasteiger partial charge in [-0.05, 0) is 36.5 Å². The number of fused-ring (bicyclic) bond motifs is 3. The third kappa shape index (κ3) is 3.15. The van der Waals surface area contributed by atoms with Crippen LogP contribution in [0.15, 0.2) is 18.2 Å². The number of hydrogen-bond donors (Lipinski definition) is 3. The quantitative estimate of drug-likeness (QED) is 0.604. The van der Waals surface area contributed by atoms with Gasteiger partial charge in [-0.15, -0.1) is 0 Å². The van der Waals surface area contributed by atoms with E-state index < -0.39 is 6.04 Å². The van der Waals surface area contributed by atoms with Crippen LogP contribution < -0.4 is 16.4 Å². The number of carbonyl (C=O) groups excluding carboxylic acids is 3. The van der Waals surface area contributed by atoms with Crippen LogP contribution in [0.25, 0.3) is 0 Å². The fraction of sp³-hybridized carbons (Fsp3) is 0.571. The summed E-state index contributed by atoms with van der Waals surface area (Å²) >= 11 is 0. The molecule has 1 aromatic rings. The Balaban J connectivity index is 1.25. The Hall–Kier alpha value is -2.29. The fourth-order valence-corrected chi connectivity index (χ4v) is 5.30. The van der Waals surface area contributed by atoms with Gasteiger partial charge in [-0.1, -0.05) is 12.1 Å². The minimum absolute atomic E-state index is 0.135. The molecule has 5 rings (SSSR count). The lowest BCUT2D eigenvalue weighted by atomic mass is 10.0. The van der Waals surface area contributed by atoms with Crippen molar-refractivity contribution in [1.29, 1.82) is 0 Å². The van der Waals surface area contributed by atoms with E-state index in [1.165, 1.54) is 0 Å². The van der Waals surface area contributed by atoms with E-state index in [9.17, 15) is 14.4 Å². The van der Waals surface area contributed by atoms with Gasteiger partial charge in [-0.3, -0.25) is 19.7 Å². The maximum atomic E-state index is 12.8. The van der Waals surface area contributed by atoms with Crippen molar-refractivity contribution in [2.75, 3.05) is 13.2 Å². The van der Waals surface area contributed by atoms with E-state index in [2.05, 4.69) is 16.7 Å². The second-order valence-corrected chi connectivity index (χ2v) is 8.75. The van der Waals surface area contributed by atoms with Gasteiger partial charge in [0.2, 0.25) is 11.8 Å². The molecule has 2 saturated heterocycles. The molecule has 1 aliphatic carbocycles. The summed E-state index contributed by atoms with van der Waals surface area (Å²) in [6, 6.07) is 5.71. The fourth-order valence-electron chi connectivity index (χ4n) is 5.30. The van der Waals surface area contributed by atoms with Crippen LogP contribution in [0, 0.1) is 5.92 Å². The van der Waals surface area contributed by atoms with E-state index in [-0.39, 0.29) is 29.7 Å². The van der Waals surface area contributed by atoms with Crippen molar-refractivity contribution in [1.82, 2.24) is 15.5 Å². The Kier molecular flexibility index (Phi) is 4.45. The molecule has 2 bridgehead atoms. The zero-order chi connectivity index (χ0) is 20.2. The summed E-state index contributed by atoms with van der Waals surface area (Å²) in [7, 11) is 0. The first-order valence-electron chi connectivity index (χ1n) is 10.3.